The van der Waals surface area contributed by atoms with Crippen LogP contribution in [0.25, 0.3) is 0 Å². The molecule has 0 bridgehead atoms. The van der Waals surface area contributed by atoms with Crippen molar-refractivity contribution in [2.24, 2.45) is 12.8 Å². The Kier molecular flexibility index (Phi) is 5.35. The number of nitrogens with two attached hydrogens (primary N) is 1. The van der Waals surface area contributed by atoms with Crippen molar-refractivity contribution in [1.29, 1.82) is 0 Å². The Morgan fingerprint density at radius 2 is 2.05 bits per heavy atom. The van der Waals surface area contributed by atoms with Crippen LogP contribution in [0.3, 0.4) is 0 Å². The van der Waals surface area contributed by atoms with Crippen molar-refractivity contribution in [2.75, 3.05) is 12.8 Å². The second-order valence-electron chi connectivity index (χ2n) is 4.69. The first-order valence-corrected chi connectivity index (χ1v) is 7.59. The lowest BCUT2D eigenvalue weighted by Crippen LogP contribution is -2.27. The van der Waals surface area contributed by atoms with Gasteiger partial charge in [-0.2, -0.15) is 0 Å². The van der Waals surface area contributed by atoms with Gasteiger partial charge in [0.2, 0.25) is 5.91 Å². The van der Waals surface area contributed by atoms with E-state index in [1.54, 1.807) is 11.9 Å². The highest BCUT2D eigenvalue weighted by Gasteiger charge is 2.13. The van der Waals surface area contributed by atoms with Gasteiger partial charge in [-0.3, -0.25) is 4.79 Å². The van der Waals surface area contributed by atoms with E-state index in [0.29, 0.717) is 29.8 Å². The van der Waals surface area contributed by atoms with Crippen LogP contribution in [0.1, 0.15) is 11.4 Å². The van der Waals surface area contributed by atoms with Crippen LogP contribution in [-0.4, -0.2) is 38.4 Å². The first kappa shape index (κ1) is 15.5. The highest BCUT2D eigenvalue weighted by Crippen LogP contribution is 2.16. The zero-order valence-corrected chi connectivity index (χ0v) is 13.0. The molecule has 0 unspecified atom stereocenters. The molecule has 2 aromatic rings. The molecule has 2 rings (SSSR count). The smallest absolute Gasteiger partial charge is 0.233 e. The van der Waals surface area contributed by atoms with Crippen LogP contribution in [0, 0.1) is 0 Å². The van der Waals surface area contributed by atoms with E-state index in [0.717, 1.165) is 5.56 Å². The predicted molar refractivity (Wildman–Crippen MR) is 82.5 cm³/mol. The first-order chi connectivity index (χ1) is 10.1. The Morgan fingerprint density at radius 3 is 2.67 bits per heavy atom. The average molecular weight is 305 g/mol. The molecule has 1 heterocycles. The highest BCUT2D eigenvalue weighted by molar-refractivity contribution is 7.99. The third-order valence-corrected chi connectivity index (χ3v) is 4.13. The zero-order chi connectivity index (χ0) is 15.2. The molecule has 0 aliphatic rings. The van der Waals surface area contributed by atoms with Crippen molar-refractivity contribution >= 4 is 17.7 Å². The SMILES string of the molecule is CN(Cc1ccccc1)C(=O)CSc1nnc(CN)n1C. The fraction of sp³-hybridized carbons (Fsp3) is 0.357. The number of nitrogens with zero attached hydrogens (tertiary/aromatic N) is 4. The van der Waals surface area contributed by atoms with Crippen LogP contribution < -0.4 is 5.73 Å². The molecule has 0 aliphatic heterocycles. The molecule has 0 fully saturated rings. The molecule has 6 nitrogen and oxygen atoms in total. The number of thioether (sulfide) groups is 1. The molecular formula is C14H19N5OS. The molecule has 0 radical (unpaired) electrons. The van der Waals surface area contributed by atoms with Crippen LogP contribution in [-0.2, 0) is 24.9 Å². The van der Waals surface area contributed by atoms with Crippen molar-refractivity contribution in [3.05, 3.63) is 41.7 Å². The summed E-state index contributed by atoms with van der Waals surface area (Å²) >= 11 is 1.37. The Labute approximate surface area is 128 Å². The van der Waals surface area contributed by atoms with Gasteiger partial charge in [0.1, 0.15) is 5.82 Å². The van der Waals surface area contributed by atoms with Crippen molar-refractivity contribution in [1.82, 2.24) is 19.7 Å². The first-order valence-electron chi connectivity index (χ1n) is 6.61. The third kappa shape index (κ3) is 4.05. The largest absolute Gasteiger partial charge is 0.341 e. The number of amides is 1. The molecule has 21 heavy (non-hydrogen) atoms. The Balaban J connectivity index is 1.87. The van der Waals surface area contributed by atoms with Gasteiger partial charge < -0.3 is 15.2 Å². The minimum Gasteiger partial charge on any atom is -0.341 e. The van der Waals surface area contributed by atoms with Gasteiger partial charge in [-0.05, 0) is 5.56 Å². The molecule has 0 saturated carbocycles. The van der Waals surface area contributed by atoms with Gasteiger partial charge in [-0.1, -0.05) is 42.1 Å². The van der Waals surface area contributed by atoms with Gasteiger partial charge in [-0.25, -0.2) is 0 Å². The Morgan fingerprint density at radius 1 is 1.33 bits per heavy atom. The summed E-state index contributed by atoms with van der Waals surface area (Å²) in [5.41, 5.74) is 6.66. The second-order valence-corrected chi connectivity index (χ2v) is 5.63. The molecule has 1 amide bonds. The summed E-state index contributed by atoms with van der Waals surface area (Å²) in [6, 6.07) is 9.91. The molecule has 0 spiro atoms. The molecule has 0 aliphatic carbocycles. The fourth-order valence-electron chi connectivity index (χ4n) is 1.83. The van der Waals surface area contributed by atoms with E-state index in [-0.39, 0.29) is 5.91 Å². The van der Waals surface area contributed by atoms with Gasteiger partial charge >= 0.3 is 0 Å². The van der Waals surface area contributed by atoms with E-state index in [2.05, 4.69) is 10.2 Å². The van der Waals surface area contributed by atoms with Gasteiger partial charge in [0.15, 0.2) is 5.16 Å². The molecule has 7 heteroatoms. The normalized spacial score (nSPS) is 10.6. The van der Waals surface area contributed by atoms with E-state index in [9.17, 15) is 4.79 Å². The predicted octanol–water partition coefficient (Wildman–Crippen LogP) is 1.02. The molecule has 112 valence electrons. The maximum Gasteiger partial charge on any atom is 0.233 e. The van der Waals surface area contributed by atoms with Crippen molar-refractivity contribution in [2.45, 2.75) is 18.2 Å². The topological polar surface area (TPSA) is 77.0 Å². The number of aromatic nitrogens is 3. The summed E-state index contributed by atoms with van der Waals surface area (Å²) in [5.74, 6) is 1.10. The summed E-state index contributed by atoms with van der Waals surface area (Å²) in [6.07, 6.45) is 0. The second kappa shape index (κ2) is 7.24. The summed E-state index contributed by atoms with van der Waals surface area (Å²) in [5, 5.41) is 8.70. The molecule has 1 aromatic carbocycles. The number of carbonyl (C=O) groups is 1. The minimum absolute atomic E-state index is 0.0566. The van der Waals surface area contributed by atoms with Crippen molar-refractivity contribution in [3.63, 3.8) is 0 Å². The minimum atomic E-state index is 0.0566. The summed E-state index contributed by atoms with van der Waals surface area (Å²) in [4.78, 5) is 13.8. The molecule has 0 saturated heterocycles. The molecular weight excluding hydrogens is 286 g/mol. The maximum atomic E-state index is 12.1. The highest BCUT2D eigenvalue weighted by atomic mass is 32.2. The van der Waals surface area contributed by atoms with E-state index < -0.39 is 0 Å². The number of benzene rings is 1. The van der Waals surface area contributed by atoms with Gasteiger partial charge in [-0.15, -0.1) is 10.2 Å². The number of carbonyl (C=O) groups excluding carboxylic acids is 1. The Bertz CT molecular complexity index is 599. The fourth-order valence-corrected chi connectivity index (χ4v) is 2.70. The van der Waals surface area contributed by atoms with Gasteiger partial charge in [0.25, 0.3) is 0 Å². The maximum absolute atomic E-state index is 12.1. The quantitative estimate of drug-likeness (QED) is 0.806. The van der Waals surface area contributed by atoms with E-state index in [4.69, 9.17) is 5.73 Å². The van der Waals surface area contributed by atoms with Crippen LogP contribution in [0.4, 0.5) is 0 Å². The van der Waals surface area contributed by atoms with Crippen molar-refractivity contribution in [3.8, 4) is 0 Å². The zero-order valence-electron chi connectivity index (χ0n) is 12.2. The molecule has 1 aromatic heterocycles. The lowest BCUT2D eigenvalue weighted by atomic mass is 10.2. The summed E-state index contributed by atoms with van der Waals surface area (Å²) in [6.45, 7) is 0.943. The number of rotatable bonds is 6. The summed E-state index contributed by atoms with van der Waals surface area (Å²) in [7, 11) is 3.65. The van der Waals surface area contributed by atoms with Gasteiger partial charge in [0.05, 0.1) is 12.3 Å². The van der Waals surface area contributed by atoms with Crippen LogP contribution >= 0.6 is 11.8 Å². The van der Waals surface area contributed by atoms with Crippen LogP contribution in [0.15, 0.2) is 35.5 Å². The van der Waals surface area contributed by atoms with Crippen LogP contribution in [0.5, 0.6) is 0 Å². The van der Waals surface area contributed by atoms with E-state index in [1.807, 2.05) is 41.9 Å². The monoisotopic (exact) mass is 305 g/mol. The van der Waals surface area contributed by atoms with Crippen molar-refractivity contribution < 1.29 is 4.79 Å². The number of hydrogen-bond acceptors (Lipinski definition) is 5. The van der Waals surface area contributed by atoms with E-state index >= 15 is 0 Å². The molecule has 0 atom stereocenters. The third-order valence-electron chi connectivity index (χ3n) is 3.12. The lowest BCUT2D eigenvalue weighted by Gasteiger charge is -2.16. The van der Waals surface area contributed by atoms with Gasteiger partial charge in [0, 0.05) is 20.6 Å². The standard InChI is InChI=1S/C14H19N5OS/c1-18(9-11-6-4-3-5-7-11)13(20)10-21-14-17-16-12(8-15)19(14)2/h3-7H,8-10,15H2,1-2H3. The van der Waals surface area contributed by atoms with E-state index in [1.165, 1.54) is 11.8 Å². The molecule has 2 N–H and O–H groups in total. The average Bonchev–Trinajstić information content (AvgIpc) is 2.86. The van der Waals surface area contributed by atoms with Crippen LogP contribution in [0.2, 0.25) is 0 Å². The Hall–Kier alpha value is -1.86. The number of hydrogen-bond donors (Lipinski definition) is 1. The summed E-state index contributed by atoms with van der Waals surface area (Å²) < 4.78 is 1.81. The lowest BCUT2D eigenvalue weighted by molar-refractivity contribution is -0.127.